The van der Waals surface area contributed by atoms with Crippen LogP contribution in [0.1, 0.15) is 6.42 Å². The van der Waals surface area contributed by atoms with E-state index in [-0.39, 0.29) is 17.0 Å². The summed E-state index contributed by atoms with van der Waals surface area (Å²) in [5.74, 6) is -0.429. The fourth-order valence-electron chi connectivity index (χ4n) is 2.70. The zero-order valence-corrected chi connectivity index (χ0v) is 14.0. The number of nitrogen functional groups attached to an aromatic ring is 1. The lowest BCUT2D eigenvalue weighted by Crippen LogP contribution is -2.43. The maximum Gasteiger partial charge on any atom is 0.389 e. The molecule has 0 saturated carbocycles. The fraction of sp³-hybridized carbons (Fsp3) is 0.615. The van der Waals surface area contributed by atoms with Crippen molar-refractivity contribution in [2.75, 3.05) is 18.1 Å². The molecule has 3 rings (SSSR count). The molecule has 1 fully saturated rings. The van der Waals surface area contributed by atoms with Crippen molar-refractivity contribution >= 4 is 28.7 Å². The van der Waals surface area contributed by atoms with Gasteiger partial charge in [-0.2, -0.15) is 13.2 Å². The highest BCUT2D eigenvalue weighted by Crippen LogP contribution is 2.46. The zero-order valence-electron chi connectivity index (χ0n) is 13.2. The van der Waals surface area contributed by atoms with Gasteiger partial charge in [0.05, 0.1) is 13.0 Å². The first kappa shape index (κ1) is 19.1. The Morgan fingerprint density at radius 2 is 2.04 bits per heavy atom. The second-order valence-electron chi connectivity index (χ2n) is 5.66. The molecule has 5 N–H and O–H groups in total. The number of aliphatic hydroxyl groups excluding tert-OH is 3. The van der Waals surface area contributed by atoms with E-state index in [9.17, 15) is 28.5 Å². The normalized spacial score (nSPS) is 29.5. The number of imidazole rings is 1. The van der Waals surface area contributed by atoms with Crippen molar-refractivity contribution in [3.63, 3.8) is 0 Å². The summed E-state index contributed by atoms with van der Waals surface area (Å²) in [6.45, 7) is -0.635. The summed E-state index contributed by atoms with van der Waals surface area (Å²) < 4.78 is 44.5. The largest absolute Gasteiger partial charge is 0.394 e. The first-order valence-corrected chi connectivity index (χ1v) is 8.47. The summed E-state index contributed by atoms with van der Waals surface area (Å²) in [4.78, 5) is 11.8. The molecule has 0 bridgehead atoms. The molecule has 0 unspecified atom stereocenters. The van der Waals surface area contributed by atoms with E-state index in [0.717, 1.165) is 6.33 Å². The van der Waals surface area contributed by atoms with Crippen LogP contribution in [0.5, 0.6) is 0 Å². The highest BCUT2D eigenvalue weighted by molar-refractivity contribution is 7.99. The van der Waals surface area contributed by atoms with Gasteiger partial charge in [-0.25, -0.2) is 15.0 Å². The number of aromatic nitrogens is 4. The molecule has 2 aromatic rings. The van der Waals surface area contributed by atoms with Crippen molar-refractivity contribution in [2.45, 2.75) is 36.0 Å². The van der Waals surface area contributed by atoms with Crippen LogP contribution in [0.25, 0.3) is 11.2 Å². The summed E-state index contributed by atoms with van der Waals surface area (Å²) in [6, 6.07) is 0. The summed E-state index contributed by atoms with van der Waals surface area (Å²) in [7, 11) is 0. The molecule has 2 aromatic heterocycles. The van der Waals surface area contributed by atoms with Crippen LogP contribution < -0.4 is 5.73 Å². The van der Waals surface area contributed by atoms with Gasteiger partial charge in [-0.15, -0.1) is 11.8 Å². The topological polar surface area (TPSA) is 140 Å². The first-order chi connectivity index (χ1) is 12.2. The minimum atomic E-state index is -4.41. The molecule has 0 aliphatic carbocycles. The Morgan fingerprint density at radius 3 is 2.65 bits per heavy atom. The third-order valence-electron chi connectivity index (χ3n) is 3.97. The Balaban J connectivity index is 2.04. The maximum atomic E-state index is 12.6. The number of rotatable bonds is 5. The lowest BCUT2D eigenvalue weighted by molar-refractivity contribution is -0.130. The van der Waals surface area contributed by atoms with Crippen LogP contribution in [0, 0.1) is 0 Å². The maximum absolute atomic E-state index is 12.6. The van der Waals surface area contributed by atoms with Gasteiger partial charge >= 0.3 is 6.18 Å². The zero-order chi connectivity index (χ0) is 19.1. The van der Waals surface area contributed by atoms with E-state index in [1.807, 2.05) is 0 Å². The van der Waals surface area contributed by atoms with Crippen molar-refractivity contribution in [2.24, 2.45) is 0 Å². The number of aliphatic hydroxyl groups is 3. The molecule has 0 aromatic carbocycles. The standard InChI is InChI=1S/C13H16F3N5O4S/c14-12(15,16)1-2-26-13(9(24)8(23)6(3-22)25-13)21-5-20-7-10(17)18-4-19-11(7)21/h4-6,8-9,22-24H,1-3H2,(H2,17,18,19)/t6-,8-,9-,13+/m1/s1. The second-order valence-corrected chi connectivity index (χ2v) is 6.95. The first-order valence-electron chi connectivity index (χ1n) is 7.49. The molecule has 1 aliphatic heterocycles. The molecule has 26 heavy (non-hydrogen) atoms. The predicted molar refractivity (Wildman–Crippen MR) is 84.8 cm³/mol. The Bertz CT molecular complexity index is 791. The smallest absolute Gasteiger partial charge is 0.389 e. The minimum absolute atomic E-state index is 0.0379. The Kier molecular flexibility index (Phi) is 5.00. The quantitative estimate of drug-likeness (QED) is 0.543. The van der Waals surface area contributed by atoms with Gasteiger partial charge in [-0.3, -0.25) is 4.57 Å². The monoisotopic (exact) mass is 395 g/mol. The van der Waals surface area contributed by atoms with Crippen molar-refractivity contribution in [3.8, 4) is 0 Å². The van der Waals surface area contributed by atoms with E-state index < -0.39 is 48.3 Å². The predicted octanol–water partition coefficient (Wildman–Crippen LogP) is -0.183. The van der Waals surface area contributed by atoms with Gasteiger partial charge in [-0.05, 0) is 0 Å². The van der Waals surface area contributed by atoms with Crippen LogP contribution >= 0.6 is 11.8 Å². The van der Waals surface area contributed by atoms with Gasteiger partial charge in [0.15, 0.2) is 11.5 Å². The number of halogens is 3. The van der Waals surface area contributed by atoms with Crippen LogP contribution in [0.3, 0.4) is 0 Å². The molecule has 4 atom stereocenters. The van der Waals surface area contributed by atoms with Crippen molar-refractivity contribution in [3.05, 3.63) is 12.7 Å². The number of fused-ring (bicyclic) bond motifs is 1. The molecule has 0 radical (unpaired) electrons. The van der Waals surface area contributed by atoms with Crippen LogP contribution in [0.15, 0.2) is 12.7 Å². The van der Waals surface area contributed by atoms with E-state index >= 15 is 0 Å². The average Bonchev–Trinajstić information content (AvgIpc) is 3.10. The number of nitrogens with two attached hydrogens (primary N) is 1. The average molecular weight is 395 g/mol. The third kappa shape index (κ3) is 3.20. The SMILES string of the molecule is Nc1ncnc2c1ncn2[C@]1(SCCC(F)(F)F)O[C@H](CO)[C@@H](O)[C@H]1O. The second kappa shape index (κ2) is 6.81. The molecule has 0 spiro atoms. The van der Waals surface area contributed by atoms with E-state index in [2.05, 4.69) is 15.0 Å². The number of anilines is 1. The van der Waals surface area contributed by atoms with Gasteiger partial charge in [0.2, 0.25) is 5.06 Å². The van der Waals surface area contributed by atoms with Gasteiger partial charge in [0.25, 0.3) is 0 Å². The van der Waals surface area contributed by atoms with E-state index in [1.54, 1.807) is 0 Å². The lowest BCUT2D eigenvalue weighted by Gasteiger charge is -2.33. The molecule has 1 aliphatic rings. The molecular weight excluding hydrogens is 379 g/mol. The summed E-state index contributed by atoms with van der Waals surface area (Å²) in [5, 5.41) is 28.1. The number of hydrogen-bond acceptors (Lipinski definition) is 9. The molecular formula is C13H16F3N5O4S. The number of thioether (sulfide) groups is 1. The molecule has 3 heterocycles. The van der Waals surface area contributed by atoms with Crippen molar-refractivity contribution in [1.82, 2.24) is 19.5 Å². The number of hydrogen-bond donors (Lipinski definition) is 4. The van der Waals surface area contributed by atoms with Gasteiger partial charge < -0.3 is 25.8 Å². The van der Waals surface area contributed by atoms with E-state index in [1.165, 1.54) is 10.9 Å². The minimum Gasteiger partial charge on any atom is -0.394 e. The van der Waals surface area contributed by atoms with E-state index in [4.69, 9.17) is 10.5 Å². The number of nitrogens with zero attached hydrogens (tertiary/aromatic N) is 4. The number of ether oxygens (including phenoxy) is 1. The Labute approximate surface area is 149 Å². The van der Waals surface area contributed by atoms with Gasteiger partial charge in [0.1, 0.15) is 36.5 Å². The third-order valence-corrected chi connectivity index (χ3v) is 5.33. The molecule has 13 heteroatoms. The van der Waals surface area contributed by atoms with Crippen LogP contribution in [-0.4, -0.2) is 71.7 Å². The molecule has 144 valence electrons. The summed E-state index contributed by atoms with van der Waals surface area (Å²) >= 11 is 0.626. The Hall–Kier alpha value is -1.67. The molecule has 9 nitrogen and oxygen atoms in total. The lowest BCUT2D eigenvalue weighted by atomic mass is 10.1. The van der Waals surface area contributed by atoms with Crippen molar-refractivity contribution < 1.29 is 33.2 Å². The Morgan fingerprint density at radius 1 is 1.31 bits per heavy atom. The van der Waals surface area contributed by atoms with Crippen LogP contribution in [0.4, 0.5) is 19.0 Å². The molecule has 0 amide bonds. The highest BCUT2D eigenvalue weighted by Gasteiger charge is 2.56. The molecule has 1 saturated heterocycles. The number of alkyl halides is 3. The van der Waals surface area contributed by atoms with Gasteiger partial charge in [0, 0.05) is 5.75 Å². The van der Waals surface area contributed by atoms with Crippen molar-refractivity contribution in [1.29, 1.82) is 0 Å². The highest BCUT2D eigenvalue weighted by atomic mass is 32.2. The summed E-state index contributed by atoms with van der Waals surface area (Å²) in [6.07, 6.45) is -7.59. The van der Waals surface area contributed by atoms with Gasteiger partial charge in [-0.1, -0.05) is 0 Å². The van der Waals surface area contributed by atoms with Crippen LogP contribution in [-0.2, 0) is 9.79 Å². The summed E-state index contributed by atoms with van der Waals surface area (Å²) in [5.41, 5.74) is 5.99. The fourth-order valence-corrected chi connectivity index (χ4v) is 4.10. The van der Waals surface area contributed by atoms with Crippen LogP contribution in [0.2, 0.25) is 0 Å². The van der Waals surface area contributed by atoms with E-state index in [0.29, 0.717) is 11.8 Å².